The van der Waals surface area contributed by atoms with Crippen molar-refractivity contribution in [2.24, 2.45) is 0 Å². The number of benzene rings is 1. The van der Waals surface area contributed by atoms with Gasteiger partial charge in [0.1, 0.15) is 5.75 Å². The number of hydrogen-bond donors (Lipinski definition) is 1. The Hall–Kier alpha value is -1.81. The molecule has 94 valence electrons. The summed E-state index contributed by atoms with van der Waals surface area (Å²) in [6, 6.07) is 10.9. The summed E-state index contributed by atoms with van der Waals surface area (Å²) in [6.45, 7) is 1.93. The second-order valence-electron chi connectivity index (χ2n) is 3.89. The number of carbonyl (C=O) groups excluding carboxylic acids is 1. The molecule has 2 aromatic rings. The van der Waals surface area contributed by atoms with Crippen molar-refractivity contribution in [1.82, 2.24) is 0 Å². The second kappa shape index (κ2) is 5.69. The first-order chi connectivity index (χ1) is 8.72. The van der Waals surface area contributed by atoms with Crippen LogP contribution in [-0.4, -0.2) is 11.9 Å². The summed E-state index contributed by atoms with van der Waals surface area (Å²) in [6.07, 6.45) is 0.138. The van der Waals surface area contributed by atoms with Crippen molar-refractivity contribution in [2.75, 3.05) is 5.73 Å². The summed E-state index contributed by atoms with van der Waals surface area (Å²) >= 11 is 1.43. The van der Waals surface area contributed by atoms with E-state index < -0.39 is 6.10 Å². The van der Waals surface area contributed by atoms with Gasteiger partial charge in [-0.3, -0.25) is 4.79 Å². The fraction of sp³-hybridized carbons (Fsp3) is 0.214. The number of rotatable bonds is 5. The van der Waals surface area contributed by atoms with Crippen molar-refractivity contribution in [1.29, 1.82) is 0 Å². The molecule has 0 saturated heterocycles. The third-order valence-electron chi connectivity index (χ3n) is 2.62. The molecule has 1 unspecified atom stereocenters. The number of ether oxygens (including phenoxy) is 1. The van der Waals surface area contributed by atoms with Crippen LogP contribution in [0.4, 0.5) is 5.69 Å². The molecule has 0 aliphatic rings. The quantitative estimate of drug-likeness (QED) is 0.663. The van der Waals surface area contributed by atoms with Crippen LogP contribution in [0.2, 0.25) is 0 Å². The Labute approximate surface area is 110 Å². The first kappa shape index (κ1) is 12.6. The van der Waals surface area contributed by atoms with E-state index in [1.165, 1.54) is 11.3 Å². The molecule has 0 spiro atoms. The minimum absolute atomic E-state index is 0.00996. The van der Waals surface area contributed by atoms with Crippen LogP contribution in [0.25, 0.3) is 0 Å². The molecule has 0 radical (unpaired) electrons. The van der Waals surface area contributed by atoms with E-state index in [1.54, 1.807) is 12.1 Å². The van der Waals surface area contributed by atoms with Gasteiger partial charge in [-0.25, -0.2) is 0 Å². The normalized spacial score (nSPS) is 12.1. The summed E-state index contributed by atoms with van der Waals surface area (Å²) in [4.78, 5) is 12.9. The molecule has 3 nitrogen and oxygen atoms in total. The number of ketones is 1. The summed E-state index contributed by atoms with van der Waals surface area (Å²) in [5.74, 6) is 0.574. The second-order valence-corrected chi connectivity index (χ2v) is 4.84. The van der Waals surface area contributed by atoms with Gasteiger partial charge in [0, 0.05) is 0 Å². The number of nitrogen functional groups attached to an aromatic ring is 1. The monoisotopic (exact) mass is 261 g/mol. The van der Waals surface area contributed by atoms with Crippen molar-refractivity contribution in [3.63, 3.8) is 0 Å². The Bertz CT molecular complexity index is 522. The summed E-state index contributed by atoms with van der Waals surface area (Å²) in [5, 5.41) is 1.89. The Morgan fingerprint density at radius 3 is 2.72 bits per heavy atom. The van der Waals surface area contributed by atoms with Gasteiger partial charge >= 0.3 is 0 Å². The number of para-hydroxylation sites is 2. The van der Waals surface area contributed by atoms with E-state index >= 15 is 0 Å². The highest BCUT2D eigenvalue weighted by Crippen LogP contribution is 2.24. The van der Waals surface area contributed by atoms with Gasteiger partial charge < -0.3 is 10.5 Å². The average molecular weight is 261 g/mol. The van der Waals surface area contributed by atoms with Gasteiger partial charge in [0.05, 0.1) is 10.6 Å². The third-order valence-corrected chi connectivity index (χ3v) is 3.50. The van der Waals surface area contributed by atoms with Crippen LogP contribution in [0.15, 0.2) is 41.8 Å². The average Bonchev–Trinajstić information content (AvgIpc) is 2.91. The smallest absolute Gasteiger partial charge is 0.213 e. The first-order valence-corrected chi connectivity index (χ1v) is 6.69. The van der Waals surface area contributed by atoms with Gasteiger partial charge in [-0.1, -0.05) is 25.1 Å². The lowest BCUT2D eigenvalue weighted by atomic mass is 10.1. The molecular weight excluding hydrogens is 246 g/mol. The zero-order valence-electron chi connectivity index (χ0n) is 10.1. The summed E-state index contributed by atoms with van der Waals surface area (Å²) in [5.41, 5.74) is 6.36. The van der Waals surface area contributed by atoms with Gasteiger partial charge in [0.25, 0.3) is 0 Å². The molecule has 1 aromatic heterocycles. The molecule has 2 N–H and O–H groups in total. The zero-order chi connectivity index (χ0) is 13.0. The molecule has 0 bridgehead atoms. The minimum Gasteiger partial charge on any atom is -0.480 e. The van der Waals surface area contributed by atoms with Gasteiger partial charge in [0.15, 0.2) is 6.10 Å². The number of carbonyl (C=O) groups is 1. The maximum Gasteiger partial charge on any atom is 0.213 e. The lowest BCUT2D eigenvalue weighted by Crippen LogP contribution is -2.26. The number of hydrogen-bond acceptors (Lipinski definition) is 4. The Kier molecular flexibility index (Phi) is 3.99. The van der Waals surface area contributed by atoms with E-state index in [0.717, 1.165) is 4.88 Å². The number of nitrogens with two attached hydrogens (primary N) is 1. The van der Waals surface area contributed by atoms with Crippen molar-refractivity contribution in [3.05, 3.63) is 46.7 Å². The highest BCUT2D eigenvalue weighted by atomic mass is 32.1. The SMILES string of the molecule is CCC(Oc1ccccc1N)C(=O)c1cccs1. The molecule has 2 rings (SSSR count). The van der Waals surface area contributed by atoms with E-state index in [4.69, 9.17) is 10.5 Å². The molecule has 0 aliphatic carbocycles. The standard InChI is InChI=1S/C14H15NO2S/c1-2-11(14(16)13-8-5-9-18-13)17-12-7-4-3-6-10(12)15/h3-9,11H,2,15H2,1H3. The fourth-order valence-electron chi connectivity index (χ4n) is 1.64. The number of anilines is 1. The molecule has 1 atom stereocenters. The topological polar surface area (TPSA) is 52.3 Å². The fourth-order valence-corrected chi connectivity index (χ4v) is 2.35. The molecule has 0 aliphatic heterocycles. The number of Topliss-reactive ketones (excluding diaryl/α,β-unsaturated/α-hetero) is 1. The summed E-state index contributed by atoms with van der Waals surface area (Å²) in [7, 11) is 0. The molecule has 1 aromatic carbocycles. The van der Waals surface area contributed by atoms with E-state index in [9.17, 15) is 4.79 Å². The molecular formula is C14H15NO2S. The van der Waals surface area contributed by atoms with E-state index in [1.807, 2.05) is 36.6 Å². The lowest BCUT2D eigenvalue weighted by molar-refractivity contribution is 0.0792. The third kappa shape index (κ3) is 2.71. The maximum atomic E-state index is 12.2. The van der Waals surface area contributed by atoms with E-state index in [0.29, 0.717) is 17.9 Å². The Morgan fingerprint density at radius 1 is 1.33 bits per heavy atom. The van der Waals surface area contributed by atoms with Crippen molar-refractivity contribution in [3.8, 4) is 5.75 Å². The Balaban J connectivity index is 2.15. The van der Waals surface area contributed by atoms with Crippen LogP contribution in [0.3, 0.4) is 0 Å². The van der Waals surface area contributed by atoms with Crippen molar-refractivity contribution >= 4 is 22.8 Å². The minimum atomic E-state index is -0.478. The van der Waals surface area contributed by atoms with Gasteiger partial charge in [-0.05, 0) is 30.0 Å². The molecule has 0 amide bonds. The largest absolute Gasteiger partial charge is 0.480 e. The highest BCUT2D eigenvalue weighted by molar-refractivity contribution is 7.12. The van der Waals surface area contributed by atoms with Crippen LogP contribution in [0.1, 0.15) is 23.0 Å². The predicted molar refractivity (Wildman–Crippen MR) is 74.2 cm³/mol. The van der Waals surface area contributed by atoms with E-state index in [-0.39, 0.29) is 5.78 Å². The van der Waals surface area contributed by atoms with Crippen LogP contribution in [0.5, 0.6) is 5.75 Å². The van der Waals surface area contributed by atoms with Crippen LogP contribution in [0, 0.1) is 0 Å². The first-order valence-electron chi connectivity index (χ1n) is 5.81. The van der Waals surface area contributed by atoms with Gasteiger partial charge in [0.2, 0.25) is 5.78 Å². The Morgan fingerprint density at radius 2 is 2.11 bits per heavy atom. The van der Waals surface area contributed by atoms with Gasteiger partial charge in [-0.2, -0.15) is 0 Å². The van der Waals surface area contributed by atoms with Crippen molar-refractivity contribution in [2.45, 2.75) is 19.4 Å². The van der Waals surface area contributed by atoms with Crippen LogP contribution < -0.4 is 10.5 Å². The predicted octanol–water partition coefficient (Wildman–Crippen LogP) is 3.37. The molecule has 4 heteroatoms. The number of thiophene rings is 1. The maximum absolute atomic E-state index is 12.2. The zero-order valence-corrected chi connectivity index (χ0v) is 10.9. The van der Waals surface area contributed by atoms with E-state index in [2.05, 4.69) is 0 Å². The lowest BCUT2D eigenvalue weighted by Gasteiger charge is -2.16. The summed E-state index contributed by atoms with van der Waals surface area (Å²) < 4.78 is 5.71. The molecule has 0 saturated carbocycles. The van der Waals surface area contributed by atoms with Gasteiger partial charge in [-0.15, -0.1) is 11.3 Å². The molecule has 0 fully saturated rings. The highest BCUT2D eigenvalue weighted by Gasteiger charge is 2.21. The molecule has 18 heavy (non-hydrogen) atoms. The van der Waals surface area contributed by atoms with Crippen LogP contribution >= 0.6 is 11.3 Å². The van der Waals surface area contributed by atoms with Crippen LogP contribution in [-0.2, 0) is 0 Å². The molecule has 1 heterocycles. The van der Waals surface area contributed by atoms with Crippen molar-refractivity contribution < 1.29 is 9.53 Å².